The molecule has 7 aliphatic heterocycles. The summed E-state index contributed by atoms with van der Waals surface area (Å²) < 4.78 is 40.8. The molecule has 11 bridgehead atoms. The molecule has 0 aliphatic carbocycles. The molecule has 34 heteroatoms. The Balaban J connectivity index is 0.968. The fraction of sp³-hybridized carbons (Fsp3) is 0.505. The molecule has 135 heavy (non-hydrogen) atoms. The van der Waals surface area contributed by atoms with Crippen LogP contribution in [-0.4, -0.2) is 212 Å². The van der Waals surface area contributed by atoms with Crippen molar-refractivity contribution < 1.29 is 117 Å². The molecular formula is C101H128Cl3N8O23+. The molecule has 0 spiro atoms. The number of halogens is 3. The molecule has 7 aromatic rings. The van der Waals surface area contributed by atoms with E-state index in [0.717, 1.165) is 72.8 Å². The van der Waals surface area contributed by atoms with Crippen LogP contribution >= 0.6 is 34.8 Å². The number of hydrogen-bond donors (Lipinski definition) is 16. The van der Waals surface area contributed by atoms with Gasteiger partial charge < -0.3 is 116 Å². The molecule has 17 N–H and O–H groups in total. The predicted molar refractivity (Wildman–Crippen MR) is 506 cm³/mol. The van der Waals surface area contributed by atoms with Gasteiger partial charge in [0.25, 0.3) is 0 Å². The maximum Gasteiger partial charge on any atom is 0.247 e. The first kappa shape index (κ1) is 104. The summed E-state index contributed by atoms with van der Waals surface area (Å²) in [4.78, 5) is 123. The number of aromatic hydroxyl groups is 3. The molecule has 0 saturated carbocycles. The Hall–Kier alpha value is -9.91. The minimum Gasteiger partial charge on any atom is -0.508 e. The molecule has 7 aliphatic rings. The Bertz CT molecular complexity index is 5340. The highest BCUT2D eigenvalue weighted by Crippen LogP contribution is 2.51. The second-order valence-corrected chi connectivity index (χ2v) is 38.9. The normalized spacial score (nSPS) is 25.3. The third-order valence-corrected chi connectivity index (χ3v) is 27.2. The van der Waals surface area contributed by atoms with Crippen LogP contribution in [0.1, 0.15) is 220 Å². The number of unbranched alkanes of at least 4 members (excludes halogenated alkanes) is 11. The van der Waals surface area contributed by atoms with Crippen molar-refractivity contribution in [2.45, 2.75) is 260 Å². The first-order valence-electron chi connectivity index (χ1n) is 46.7. The summed E-state index contributed by atoms with van der Waals surface area (Å²) in [5.41, 5.74) is 5.81. The van der Waals surface area contributed by atoms with Crippen LogP contribution in [0.3, 0.4) is 0 Å². The van der Waals surface area contributed by atoms with E-state index in [9.17, 15) is 55.5 Å². The number of carbonyl (C=O) groups is 8. The molecule has 7 aromatic carbocycles. The molecule has 0 aromatic heterocycles. The molecule has 2 fully saturated rings. The third kappa shape index (κ3) is 26.3. The largest absolute Gasteiger partial charge is 0.508 e. The molecule has 0 radical (unpaired) electrons. The van der Waals surface area contributed by atoms with E-state index in [1.54, 1.807) is 26.0 Å². The fourth-order valence-electron chi connectivity index (χ4n) is 18.5. The number of hydrogen-bond acceptors (Lipinski definition) is 25. The number of nitrogens with two attached hydrogens (primary N) is 1. The van der Waals surface area contributed by atoms with Crippen LogP contribution in [0.25, 0.3) is 22.3 Å². The topological polar surface area (TPSA) is 472 Å². The number of fused-ring (bicyclic) bond motifs is 15. The Morgan fingerprint density at radius 1 is 0.644 bits per heavy atom. The van der Waals surface area contributed by atoms with E-state index in [1.807, 2.05) is 50.2 Å². The van der Waals surface area contributed by atoms with E-state index in [0.29, 0.717) is 22.5 Å². The maximum atomic E-state index is 16.7. The number of rotatable bonds is 34. The summed E-state index contributed by atoms with van der Waals surface area (Å²) in [5, 5.41) is 126. The van der Waals surface area contributed by atoms with Gasteiger partial charge in [-0.05, 0) is 157 Å². The predicted octanol–water partition coefficient (Wildman–Crippen LogP) is 12.5. The minimum absolute atomic E-state index is 0.0602. The number of ketones is 3. The van der Waals surface area contributed by atoms with E-state index < -0.39 is 223 Å². The molecule has 14 rings (SSSR count). The Kier molecular flexibility index (Phi) is 36.2. The first-order valence-corrected chi connectivity index (χ1v) is 47.8. The molecule has 18 atom stereocenters. The Morgan fingerprint density at radius 3 is 1.84 bits per heavy atom. The second kappa shape index (κ2) is 47.0. The molecule has 7 heterocycles. The van der Waals surface area contributed by atoms with Crippen molar-refractivity contribution in [2.24, 2.45) is 23.5 Å². The average molecular weight is 1930 g/mol. The van der Waals surface area contributed by atoms with Gasteiger partial charge in [0.05, 0.1) is 80.0 Å². The number of quaternary nitrogens is 1. The number of carbonyl (C=O) groups excluding carboxylic acids is 8. The zero-order chi connectivity index (χ0) is 97.4. The zero-order valence-corrected chi connectivity index (χ0v) is 79.7. The van der Waals surface area contributed by atoms with Gasteiger partial charge in [0.2, 0.25) is 41.6 Å². The molecule has 4 unspecified atom stereocenters. The quantitative estimate of drug-likeness (QED) is 0.0132. The van der Waals surface area contributed by atoms with Gasteiger partial charge in [0.15, 0.2) is 35.5 Å². The smallest absolute Gasteiger partial charge is 0.247 e. The lowest BCUT2D eigenvalue weighted by Crippen LogP contribution is -2.65. The van der Waals surface area contributed by atoms with Crippen molar-refractivity contribution in [3.63, 3.8) is 0 Å². The van der Waals surface area contributed by atoms with Gasteiger partial charge in [-0.2, -0.15) is 0 Å². The number of ether oxygens (including phenoxy) is 6. The molecule has 5 amide bonds. The standard InChI is InChI=1S/C101H127Cl3N8O23/c1-9-10-11-12-13-14-15-16-17-18-19-20-37-112(7,8)38-21-36-107-99(129)87-68-47-65(114)48-75(117)85(68)67-40-59(28-33-73(67)115)66-49-77(119)86-62-44-80(131-78-34-29-60(41-70(78)103)89(121)69(50-74(66)116)97(127)110-87)93(81(45-62)132-79-35-30-61(42-71(79)104)90(122)88(111-98(128)72(106-6)39-54(2)3)76(118)43-63(46-83(105)120)96(126)109-86)135-100-94(92(124)91(123)82(53-113)133-100)134-84-51-101(5,95(125)55(4)130-84)108-52-56-22-24-57(25-23-56)58-26-31-64(102)32-27-58/h22-35,40-42,44-45,47-48,54-55,63,66,69,72,82,84,86-92,94-95,100,106,108,113,121-125H,9-21,36-39,43,46,49-53H2,1-8H3,(H8-,105,107,109,110,111,114,115,117,120,126,127,128,129)/p+1/t55-,63-,66-,69-,72+,82?,84-,86+,87-,88-,89+,90+,91?,92-,94+,95+,100?,101?/m0/s1. The van der Waals surface area contributed by atoms with E-state index in [2.05, 4.69) is 52.9 Å². The lowest BCUT2D eigenvalue weighted by atomic mass is 9.79. The summed E-state index contributed by atoms with van der Waals surface area (Å²) >= 11 is 20.8. The summed E-state index contributed by atoms with van der Waals surface area (Å²) in [6.07, 6.45) is -6.07. The van der Waals surface area contributed by atoms with Gasteiger partial charge in [0, 0.05) is 85.3 Å². The number of likely N-dealkylation sites (N-methyl/N-ethyl adjacent to an activating group) is 1. The lowest BCUT2D eigenvalue weighted by molar-refractivity contribution is -0.890. The Morgan fingerprint density at radius 2 is 1.24 bits per heavy atom. The number of amides is 5. The highest BCUT2D eigenvalue weighted by molar-refractivity contribution is 6.32. The number of phenols is 3. The number of aliphatic hydroxyl groups excluding tert-OH is 6. The first-order chi connectivity index (χ1) is 64.3. The number of nitrogens with one attached hydrogen (secondary N) is 6. The highest BCUT2D eigenvalue weighted by atomic mass is 35.5. The van der Waals surface area contributed by atoms with Gasteiger partial charge in [-0.3, -0.25) is 38.4 Å². The van der Waals surface area contributed by atoms with Crippen molar-refractivity contribution >= 4 is 81.7 Å². The van der Waals surface area contributed by atoms with E-state index in [4.69, 9.17) is 69.0 Å². The van der Waals surface area contributed by atoms with Crippen LogP contribution in [0.4, 0.5) is 0 Å². The number of benzene rings is 7. The van der Waals surface area contributed by atoms with Crippen LogP contribution in [0.5, 0.6) is 46.0 Å². The number of aliphatic hydroxyl groups is 6. The van der Waals surface area contributed by atoms with Crippen molar-refractivity contribution in [3.05, 3.63) is 176 Å². The number of nitrogens with zero attached hydrogens (tertiary/aromatic N) is 1. The lowest BCUT2D eigenvalue weighted by Gasteiger charge is -2.48. The number of Topliss-reactive ketones (excluding diaryl/α,β-unsaturated/α-hetero) is 3. The fourth-order valence-corrected chi connectivity index (χ4v) is 19.1. The third-order valence-electron chi connectivity index (χ3n) is 26.3. The Labute approximate surface area is 801 Å². The minimum atomic E-state index is -2.17. The van der Waals surface area contributed by atoms with Crippen LogP contribution in [0.15, 0.2) is 127 Å². The SMILES string of the molecule is CCCCCCCCCCCCCC[N+](C)(C)CCCNC(=O)[C@H]1NC(=O)[C@H]2CC(=O)[C@@H](CC(=O)[C@@H]3NC(=O)[C@H](CC(N)=O)CC(=O)[C@H](NC(=O)[C@@H](CC(C)C)NC)[C@H](O)c4ccc(c(Cl)c4)Oc4cc3cc(c4OC3OC(CO)C(O)[C@H](O)[C@H]3O[C@H]3CC(C)(NCc4ccc(-c5ccc(Cl)cc5)cc4)[C@H](O)[C@H](C)O3)Oc3ccc(cc3Cl)[C@H]2O)c2ccc(O)c(c2)-c2c(O)cc(O)cc21. The van der Waals surface area contributed by atoms with E-state index in [1.165, 1.54) is 113 Å². The summed E-state index contributed by atoms with van der Waals surface area (Å²) in [5.74, 6) is -18.1. The van der Waals surface area contributed by atoms with Gasteiger partial charge in [-0.1, -0.05) is 174 Å². The van der Waals surface area contributed by atoms with Crippen LogP contribution in [0.2, 0.25) is 15.1 Å². The summed E-state index contributed by atoms with van der Waals surface area (Å²) in [7, 11) is 5.72. The summed E-state index contributed by atoms with van der Waals surface area (Å²) in [6, 6.07) is 23.7. The molecule has 2 saturated heterocycles. The van der Waals surface area contributed by atoms with Crippen molar-refractivity contribution in [3.8, 4) is 68.2 Å². The van der Waals surface area contributed by atoms with Crippen LogP contribution in [0, 0.1) is 17.8 Å². The van der Waals surface area contributed by atoms with Gasteiger partial charge in [-0.25, -0.2) is 0 Å². The van der Waals surface area contributed by atoms with E-state index in [-0.39, 0.29) is 92.3 Å². The number of primary amides is 1. The summed E-state index contributed by atoms with van der Waals surface area (Å²) in [6.45, 7) is 10.1. The maximum absolute atomic E-state index is 16.7. The highest BCUT2D eigenvalue weighted by Gasteiger charge is 2.53. The molecule has 31 nitrogen and oxygen atoms in total. The van der Waals surface area contributed by atoms with Gasteiger partial charge in [-0.15, -0.1) is 0 Å². The zero-order valence-electron chi connectivity index (χ0n) is 77.4. The monoisotopic (exact) mass is 1930 g/mol. The van der Waals surface area contributed by atoms with Crippen LogP contribution < -0.4 is 51.8 Å². The van der Waals surface area contributed by atoms with Gasteiger partial charge >= 0.3 is 0 Å². The van der Waals surface area contributed by atoms with E-state index >= 15 is 28.8 Å². The molecular weight excluding hydrogens is 1800 g/mol. The number of phenolic OH excluding ortho intramolecular Hbond substituents is 3. The van der Waals surface area contributed by atoms with Crippen molar-refractivity contribution in [1.29, 1.82) is 0 Å². The average Bonchev–Trinajstić information content (AvgIpc) is 0.762. The molecule has 730 valence electrons. The van der Waals surface area contributed by atoms with Crippen molar-refractivity contribution in [1.82, 2.24) is 31.9 Å². The second-order valence-electron chi connectivity index (χ2n) is 37.6. The van der Waals surface area contributed by atoms with Crippen LogP contribution in [-0.2, 0) is 59.1 Å². The van der Waals surface area contributed by atoms with Gasteiger partial charge in [0.1, 0.15) is 77.1 Å². The van der Waals surface area contributed by atoms with Crippen molar-refractivity contribution in [2.75, 3.05) is 47.4 Å².